The van der Waals surface area contributed by atoms with Gasteiger partial charge < -0.3 is 5.73 Å². The van der Waals surface area contributed by atoms with Gasteiger partial charge in [-0.25, -0.2) is 4.98 Å². The molecule has 3 aromatic rings. The second-order valence-electron chi connectivity index (χ2n) is 4.99. The maximum absolute atomic E-state index is 6.34. The van der Waals surface area contributed by atoms with Gasteiger partial charge in [0.1, 0.15) is 4.83 Å². The van der Waals surface area contributed by atoms with E-state index in [2.05, 4.69) is 37.4 Å². The van der Waals surface area contributed by atoms with Gasteiger partial charge in [-0.15, -0.1) is 34.4 Å². The van der Waals surface area contributed by atoms with E-state index in [1.54, 1.807) is 22.7 Å². The molecule has 3 heterocycles. The van der Waals surface area contributed by atoms with Crippen LogP contribution in [0, 0.1) is 6.92 Å². The molecule has 0 spiro atoms. The topological polar surface area (TPSA) is 38.9 Å². The number of hydrogen-bond acceptors (Lipinski definition) is 5. The summed E-state index contributed by atoms with van der Waals surface area (Å²) in [5, 5.41) is 3.23. The molecule has 0 atom stereocenters. The van der Waals surface area contributed by atoms with Crippen LogP contribution >= 0.6 is 34.4 Å². The second-order valence-corrected chi connectivity index (χ2v) is 8.30. The lowest BCUT2D eigenvalue weighted by Crippen LogP contribution is -1.89. The summed E-state index contributed by atoms with van der Waals surface area (Å²) in [6.45, 7) is 8.35. The molecule has 0 radical (unpaired) electrons. The quantitative estimate of drug-likeness (QED) is 0.398. The highest BCUT2D eigenvalue weighted by molar-refractivity contribution is 8.01. The Balaban J connectivity index is 0.000000924. The molecular formula is C18H24N2S3. The van der Waals surface area contributed by atoms with Crippen LogP contribution in [0.5, 0.6) is 0 Å². The van der Waals surface area contributed by atoms with E-state index in [0.29, 0.717) is 0 Å². The summed E-state index contributed by atoms with van der Waals surface area (Å²) in [6, 6.07) is 6.33. The minimum Gasteiger partial charge on any atom is -0.397 e. The van der Waals surface area contributed by atoms with E-state index in [1.165, 1.54) is 27.5 Å². The molecule has 0 unspecified atom stereocenters. The smallest absolute Gasteiger partial charge is 0.127 e. The standard InChI is InChI=1S/C16H18N2S3.C2H6/c1-3-4-7-20-16-14(17)13-10(2)9-11(18-15(13)21-16)12-6-5-8-19-12;1-2/h5-6,8-9H,3-4,7,17H2,1-2H3;1-2H3. The maximum Gasteiger partial charge on any atom is 0.127 e. The summed E-state index contributed by atoms with van der Waals surface area (Å²) in [5.74, 6) is 1.13. The molecule has 5 heteroatoms. The van der Waals surface area contributed by atoms with Gasteiger partial charge in [-0.2, -0.15) is 0 Å². The fourth-order valence-corrected chi connectivity index (χ4v) is 5.45. The third kappa shape index (κ3) is 4.08. The van der Waals surface area contributed by atoms with Crippen LogP contribution in [0.25, 0.3) is 20.8 Å². The number of nitrogens with zero attached hydrogens (tertiary/aromatic N) is 1. The number of thioether (sulfide) groups is 1. The SMILES string of the molecule is CC.CCCCSc1sc2nc(-c3cccs3)cc(C)c2c1N. The Hall–Kier alpha value is -1.04. The number of aryl methyl sites for hydroxylation is 1. The van der Waals surface area contributed by atoms with Gasteiger partial charge in [0.15, 0.2) is 0 Å². The van der Waals surface area contributed by atoms with E-state index < -0.39 is 0 Å². The van der Waals surface area contributed by atoms with E-state index >= 15 is 0 Å². The van der Waals surface area contributed by atoms with E-state index in [4.69, 9.17) is 10.7 Å². The van der Waals surface area contributed by atoms with Gasteiger partial charge in [0.25, 0.3) is 0 Å². The Morgan fingerprint density at radius 1 is 1.30 bits per heavy atom. The number of anilines is 1. The van der Waals surface area contributed by atoms with E-state index in [9.17, 15) is 0 Å². The van der Waals surface area contributed by atoms with Crippen LogP contribution in [0.3, 0.4) is 0 Å². The Morgan fingerprint density at radius 3 is 2.74 bits per heavy atom. The largest absolute Gasteiger partial charge is 0.397 e. The number of fused-ring (bicyclic) bond motifs is 1. The average Bonchev–Trinajstić information content (AvgIpc) is 3.19. The summed E-state index contributed by atoms with van der Waals surface area (Å²) in [4.78, 5) is 7.10. The van der Waals surface area contributed by atoms with E-state index in [0.717, 1.165) is 27.4 Å². The zero-order valence-corrected chi connectivity index (χ0v) is 16.6. The first-order valence-electron chi connectivity index (χ1n) is 8.07. The molecule has 0 aliphatic heterocycles. The molecule has 0 saturated heterocycles. The number of hydrogen-bond donors (Lipinski definition) is 1. The third-order valence-corrected chi connectivity index (χ3v) is 6.73. The minimum atomic E-state index is 0.916. The Morgan fingerprint density at radius 2 is 2.09 bits per heavy atom. The number of nitrogens with two attached hydrogens (primary N) is 1. The third-order valence-electron chi connectivity index (χ3n) is 3.37. The molecule has 2 N–H and O–H groups in total. The first-order valence-corrected chi connectivity index (χ1v) is 10.7. The van der Waals surface area contributed by atoms with Crippen molar-refractivity contribution in [2.24, 2.45) is 0 Å². The lowest BCUT2D eigenvalue weighted by Gasteiger charge is -2.02. The first-order chi connectivity index (χ1) is 11.2. The Kier molecular flexibility index (Phi) is 6.93. The summed E-state index contributed by atoms with van der Waals surface area (Å²) < 4.78 is 1.22. The zero-order chi connectivity index (χ0) is 16.8. The number of nitrogen functional groups attached to an aromatic ring is 1. The van der Waals surface area contributed by atoms with Crippen LogP contribution in [-0.2, 0) is 0 Å². The normalized spacial score (nSPS) is 10.6. The molecule has 0 aliphatic carbocycles. The molecule has 0 aliphatic rings. The maximum atomic E-state index is 6.34. The second kappa shape index (κ2) is 8.71. The van der Waals surface area contributed by atoms with Crippen molar-refractivity contribution in [3.8, 4) is 10.6 Å². The van der Waals surface area contributed by atoms with Crippen LogP contribution in [0.15, 0.2) is 27.8 Å². The van der Waals surface area contributed by atoms with Crippen LogP contribution in [0.2, 0.25) is 0 Å². The number of thiophene rings is 2. The molecule has 0 saturated carbocycles. The molecule has 0 aromatic carbocycles. The molecule has 2 nitrogen and oxygen atoms in total. The molecule has 23 heavy (non-hydrogen) atoms. The molecule has 0 bridgehead atoms. The molecule has 0 amide bonds. The van der Waals surface area contributed by atoms with Gasteiger partial charge in [0, 0.05) is 5.39 Å². The summed E-state index contributed by atoms with van der Waals surface area (Å²) in [7, 11) is 0. The van der Waals surface area contributed by atoms with Crippen molar-refractivity contribution in [1.82, 2.24) is 4.98 Å². The molecule has 0 fully saturated rings. The van der Waals surface area contributed by atoms with Gasteiger partial charge >= 0.3 is 0 Å². The summed E-state index contributed by atoms with van der Waals surface area (Å²) >= 11 is 5.32. The fourth-order valence-electron chi connectivity index (χ4n) is 2.26. The lowest BCUT2D eigenvalue weighted by atomic mass is 10.1. The van der Waals surface area contributed by atoms with Gasteiger partial charge in [-0.05, 0) is 42.2 Å². The van der Waals surface area contributed by atoms with Gasteiger partial charge in [0.05, 0.1) is 20.5 Å². The van der Waals surface area contributed by atoms with Crippen molar-refractivity contribution in [3.05, 3.63) is 29.1 Å². The lowest BCUT2D eigenvalue weighted by molar-refractivity contribution is 0.897. The summed E-state index contributed by atoms with van der Waals surface area (Å²) in [6.07, 6.45) is 2.45. The minimum absolute atomic E-state index is 0.916. The highest BCUT2D eigenvalue weighted by atomic mass is 32.2. The van der Waals surface area contributed by atoms with Gasteiger partial charge in [-0.1, -0.05) is 33.3 Å². The number of unbranched alkanes of at least 4 members (excludes halogenated alkanes) is 1. The zero-order valence-electron chi connectivity index (χ0n) is 14.2. The number of aromatic nitrogens is 1. The van der Waals surface area contributed by atoms with Crippen molar-refractivity contribution < 1.29 is 0 Å². The fraction of sp³-hybridized carbons (Fsp3) is 0.389. The number of rotatable bonds is 5. The highest BCUT2D eigenvalue weighted by Gasteiger charge is 2.15. The van der Waals surface area contributed by atoms with Crippen molar-refractivity contribution in [1.29, 1.82) is 0 Å². The predicted molar refractivity (Wildman–Crippen MR) is 109 cm³/mol. The van der Waals surface area contributed by atoms with Crippen LogP contribution in [0.4, 0.5) is 5.69 Å². The van der Waals surface area contributed by atoms with E-state index in [1.807, 2.05) is 25.6 Å². The first kappa shape index (κ1) is 18.3. The average molecular weight is 365 g/mol. The number of pyridine rings is 1. The molecule has 3 aromatic heterocycles. The van der Waals surface area contributed by atoms with E-state index in [-0.39, 0.29) is 0 Å². The van der Waals surface area contributed by atoms with Crippen molar-refractivity contribution >= 4 is 50.3 Å². The van der Waals surface area contributed by atoms with Crippen LogP contribution in [-0.4, -0.2) is 10.7 Å². The summed E-state index contributed by atoms with van der Waals surface area (Å²) in [5.41, 5.74) is 9.54. The highest BCUT2D eigenvalue weighted by Crippen LogP contribution is 2.42. The molecule has 124 valence electrons. The molecule has 3 rings (SSSR count). The van der Waals surface area contributed by atoms with Crippen LogP contribution < -0.4 is 5.73 Å². The Labute approximate surface area is 151 Å². The van der Waals surface area contributed by atoms with Crippen molar-refractivity contribution in [2.45, 2.75) is 44.7 Å². The van der Waals surface area contributed by atoms with Gasteiger partial charge in [0.2, 0.25) is 0 Å². The van der Waals surface area contributed by atoms with Crippen LogP contribution in [0.1, 0.15) is 39.2 Å². The van der Waals surface area contributed by atoms with Gasteiger partial charge in [-0.3, -0.25) is 0 Å². The van der Waals surface area contributed by atoms with Crippen molar-refractivity contribution in [3.63, 3.8) is 0 Å². The monoisotopic (exact) mass is 364 g/mol. The molecular weight excluding hydrogens is 340 g/mol. The Bertz CT molecular complexity index is 745. The predicted octanol–water partition coefficient (Wildman–Crippen LogP) is 6.83. The van der Waals surface area contributed by atoms with Crippen molar-refractivity contribution in [2.75, 3.05) is 11.5 Å².